The lowest BCUT2D eigenvalue weighted by molar-refractivity contribution is -0.122. The van der Waals surface area contributed by atoms with Gasteiger partial charge in [-0.1, -0.05) is 48.5 Å². The minimum absolute atomic E-state index is 0.0406. The lowest BCUT2D eigenvalue weighted by Gasteiger charge is -2.44. The van der Waals surface area contributed by atoms with Crippen molar-refractivity contribution in [1.82, 2.24) is 0 Å². The fourth-order valence-electron chi connectivity index (χ4n) is 5.60. The number of hydrogen-bond donors (Lipinski definition) is 0. The summed E-state index contributed by atoms with van der Waals surface area (Å²) in [6, 6.07) is 21.7. The van der Waals surface area contributed by atoms with Crippen molar-refractivity contribution >= 4 is 17.3 Å². The van der Waals surface area contributed by atoms with Gasteiger partial charge < -0.3 is 9.47 Å². The van der Waals surface area contributed by atoms with E-state index in [1.54, 1.807) is 38.5 Å². The van der Waals surface area contributed by atoms with E-state index in [4.69, 9.17) is 9.47 Å². The molecule has 5 rings (SSSR count). The molecule has 0 heterocycles. The third-order valence-corrected chi connectivity index (χ3v) is 7.17. The van der Waals surface area contributed by atoms with E-state index in [0.717, 1.165) is 11.1 Å². The Kier molecular flexibility index (Phi) is 5.12. The summed E-state index contributed by atoms with van der Waals surface area (Å²) in [5.41, 5.74) is 1.08. The van der Waals surface area contributed by atoms with Crippen LogP contribution in [0, 0.1) is 5.41 Å². The SMILES string of the molecule is COc1ccc([C@H]2CC(=O)C[C@@H](c3ccc(OC)cc3)C23C(=O)c2ccccc2C3=O)cc1. The summed E-state index contributed by atoms with van der Waals surface area (Å²) < 4.78 is 10.6. The number of carbonyl (C=O) groups excluding carboxylic acids is 3. The van der Waals surface area contributed by atoms with Crippen molar-refractivity contribution in [2.45, 2.75) is 24.7 Å². The number of benzene rings is 3. The van der Waals surface area contributed by atoms with Crippen molar-refractivity contribution in [3.63, 3.8) is 0 Å². The molecule has 166 valence electrons. The molecule has 0 aliphatic heterocycles. The number of fused-ring (bicyclic) bond motifs is 1. The van der Waals surface area contributed by atoms with Crippen LogP contribution in [0.4, 0.5) is 0 Å². The standard InChI is InChI=1S/C28H24O5/c1-32-20-11-7-17(8-12-20)24-15-19(29)16-25(18-9-13-21(33-2)14-10-18)28(24)26(30)22-5-3-4-6-23(22)27(28)31/h3-14,24-25H,15-16H2,1-2H3/t24-,25+. The summed E-state index contributed by atoms with van der Waals surface area (Å²) in [5, 5.41) is 0. The Balaban J connectivity index is 1.74. The van der Waals surface area contributed by atoms with Crippen molar-refractivity contribution in [2.24, 2.45) is 5.41 Å². The normalized spacial score (nSPS) is 21.2. The second-order valence-electron chi connectivity index (χ2n) is 8.67. The lowest BCUT2D eigenvalue weighted by Crippen LogP contribution is -2.49. The van der Waals surface area contributed by atoms with Crippen molar-refractivity contribution in [1.29, 1.82) is 0 Å². The molecule has 1 spiro atoms. The van der Waals surface area contributed by atoms with E-state index in [0.29, 0.717) is 22.6 Å². The molecule has 33 heavy (non-hydrogen) atoms. The first-order chi connectivity index (χ1) is 16.0. The van der Waals surface area contributed by atoms with Crippen LogP contribution in [-0.2, 0) is 4.79 Å². The van der Waals surface area contributed by atoms with E-state index in [2.05, 4.69) is 0 Å². The predicted octanol–water partition coefficient (Wildman–Crippen LogP) is 5.00. The maximum Gasteiger partial charge on any atom is 0.178 e. The van der Waals surface area contributed by atoms with Crippen molar-refractivity contribution in [3.05, 3.63) is 95.1 Å². The van der Waals surface area contributed by atoms with E-state index >= 15 is 0 Å². The van der Waals surface area contributed by atoms with Gasteiger partial charge in [-0.05, 0) is 35.4 Å². The molecule has 5 nitrogen and oxygen atoms in total. The lowest BCUT2D eigenvalue weighted by atomic mass is 9.54. The quantitative estimate of drug-likeness (QED) is 0.534. The molecule has 0 unspecified atom stereocenters. The van der Waals surface area contributed by atoms with Crippen molar-refractivity contribution in [3.8, 4) is 11.5 Å². The molecule has 0 aromatic heterocycles. The van der Waals surface area contributed by atoms with Gasteiger partial charge in [0, 0.05) is 35.8 Å². The average Bonchev–Trinajstić information content (AvgIpc) is 3.08. The Bertz CT molecular complexity index is 1140. The maximum atomic E-state index is 14.1. The molecule has 3 aromatic rings. The summed E-state index contributed by atoms with van der Waals surface area (Å²) in [6.45, 7) is 0. The summed E-state index contributed by atoms with van der Waals surface area (Å²) in [5.74, 6) is -0.135. The van der Waals surface area contributed by atoms with Gasteiger partial charge >= 0.3 is 0 Å². The molecule has 0 N–H and O–H groups in total. The zero-order chi connectivity index (χ0) is 23.2. The molecule has 1 fully saturated rings. The Morgan fingerprint density at radius 3 is 1.39 bits per heavy atom. The van der Waals surface area contributed by atoms with Crippen LogP contribution in [0.3, 0.4) is 0 Å². The Hall–Kier alpha value is -3.73. The monoisotopic (exact) mass is 440 g/mol. The van der Waals surface area contributed by atoms with Crippen LogP contribution in [0.25, 0.3) is 0 Å². The maximum absolute atomic E-state index is 14.1. The zero-order valence-corrected chi connectivity index (χ0v) is 18.5. The van der Waals surface area contributed by atoms with Crippen molar-refractivity contribution < 1.29 is 23.9 Å². The average molecular weight is 440 g/mol. The number of hydrogen-bond acceptors (Lipinski definition) is 5. The Morgan fingerprint density at radius 1 is 0.636 bits per heavy atom. The topological polar surface area (TPSA) is 69.7 Å². The van der Waals surface area contributed by atoms with Crippen LogP contribution in [0.5, 0.6) is 11.5 Å². The van der Waals surface area contributed by atoms with Crippen LogP contribution in [0.15, 0.2) is 72.8 Å². The molecular formula is C28H24O5. The first kappa shape index (κ1) is 21.1. The second-order valence-corrected chi connectivity index (χ2v) is 8.67. The summed E-state index contributed by atoms with van der Waals surface area (Å²) in [6.07, 6.45) is 0.287. The molecule has 0 bridgehead atoms. The first-order valence-corrected chi connectivity index (χ1v) is 11.0. The van der Waals surface area contributed by atoms with Gasteiger partial charge in [0.05, 0.1) is 14.2 Å². The fourth-order valence-corrected chi connectivity index (χ4v) is 5.60. The molecule has 2 aliphatic carbocycles. The van der Waals surface area contributed by atoms with E-state index in [-0.39, 0.29) is 30.2 Å². The second kappa shape index (κ2) is 8.00. The first-order valence-electron chi connectivity index (χ1n) is 11.0. The van der Waals surface area contributed by atoms with Gasteiger partial charge in [0.1, 0.15) is 22.7 Å². The fraction of sp³-hybridized carbons (Fsp3) is 0.250. The van der Waals surface area contributed by atoms with Gasteiger partial charge in [0.25, 0.3) is 0 Å². The number of carbonyl (C=O) groups is 3. The number of Topliss-reactive ketones (excluding diaryl/α,β-unsaturated/α-hetero) is 3. The Labute approximate surface area is 192 Å². The zero-order valence-electron chi connectivity index (χ0n) is 18.5. The minimum Gasteiger partial charge on any atom is -0.497 e. The highest BCUT2D eigenvalue weighted by Gasteiger charge is 2.64. The molecule has 0 radical (unpaired) electrons. The van der Waals surface area contributed by atoms with Crippen LogP contribution >= 0.6 is 0 Å². The van der Waals surface area contributed by atoms with E-state index < -0.39 is 17.3 Å². The smallest absolute Gasteiger partial charge is 0.178 e. The number of rotatable bonds is 4. The Morgan fingerprint density at radius 2 is 1.03 bits per heavy atom. The molecule has 2 aliphatic rings. The van der Waals surface area contributed by atoms with Crippen molar-refractivity contribution in [2.75, 3.05) is 14.2 Å². The van der Waals surface area contributed by atoms with E-state index in [1.165, 1.54) is 0 Å². The van der Waals surface area contributed by atoms with E-state index in [1.807, 2.05) is 48.5 Å². The third-order valence-electron chi connectivity index (χ3n) is 7.17. The molecule has 2 atom stereocenters. The number of ether oxygens (including phenoxy) is 2. The van der Waals surface area contributed by atoms with Gasteiger partial charge in [-0.3, -0.25) is 14.4 Å². The van der Waals surface area contributed by atoms with Gasteiger partial charge in [-0.2, -0.15) is 0 Å². The number of ketones is 3. The van der Waals surface area contributed by atoms with Crippen LogP contribution in [-0.4, -0.2) is 31.6 Å². The van der Waals surface area contributed by atoms with Crippen LogP contribution in [0.1, 0.15) is 56.5 Å². The summed E-state index contributed by atoms with van der Waals surface area (Å²) in [4.78, 5) is 41.3. The van der Waals surface area contributed by atoms with Gasteiger partial charge in [-0.15, -0.1) is 0 Å². The van der Waals surface area contributed by atoms with Gasteiger partial charge in [0.15, 0.2) is 11.6 Å². The molecule has 0 saturated heterocycles. The molecule has 0 amide bonds. The highest BCUT2D eigenvalue weighted by molar-refractivity contribution is 6.31. The summed E-state index contributed by atoms with van der Waals surface area (Å²) >= 11 is 0. The van der Waals surface area contributed by atoms with Gasteiger partial charge in [0.2, 0.25) is 0 Å². The highest BCUT2D eigenvalue weighted by atomic mass is 16.5. The van der Waals surface area contributed by atoms with Crippen LogP contribution < -0.4 is 9.47 Å². The van der Waals surface area contributed by atoms with Gasteiger partial charge in [-0.25, -0.2) is 0 Å². The van der Waals surface area contributed by atoms with E-state index in [9.17, 15) is 14.4 Å². The van der Waals surface area contributed by atoms with Crippen LogP contribution in [0.2, 0.25) is 0 Å². The minimum atomic E-state index is -1.37. The molecule has 5 heteroatoms. The highest BCUT2D eigenvalue weighted by Crippen LogP contribution is 2.60. The molecule has 3 aromatic carbocycles. The largest absolute Gasteiger partial charge is 0.497 e. The number of methoxy groups -OCH3 is 2. The molecule has 1 saturated carbocycles. The third kappa shape index (κ3) is 3.10. The molecular weight excluding hydrogens is 416 g/mol. The summed E-state index contributed by atoms with van der Waals surface area (Å²) in [7, 11) is 3.17. The predicted molar refractivity (Wildman–Crippen MR) is 123 cm³/mol.